The number of carbonyl (C=O) groups excluding carboxylic acids is 1. The van der Waals surface area contributed by atoms with E-state index in [1.165, 1.54) is 0 Å². The standard InChI is InChI=1S/C20H26O2/c1-17(12-8-14-19(3)16-21)10-6-7-11-18(2)13-9-15-20(4)22-5/h6-16H,1-5H3. The van der Waals surface area contributed by atoms with E-state index in [4.69, 9.17) is 4.74 Å². The van der Waals surface area contributed by atoms with Crippen molar-refractivity contribution in [3.05, 3.63) is 83.2 Å². The second-order valence-corrected chi connectivity index (χ2v) is 4.93. The van der Waals surface area contributed by atoms with Crippen LogP contribution in [0.1, 0.15) is 27.7 Å². The summed E-state index contributed by atoms with van der Waals surface area (Å²) in [5.41, 5.74) is 2.98. The van der Waals surface area contributed by atoms with E-state index in [9.17, 15) is 4.79 Å². The van der Waals surface area contributed by atoms with Gasteiger partial charge in [-0.25, -0.2) is 0 Å². The molecule has 0 amide bonds. The molecule has 0 spiro atoms. The number of methoxy groups -OCH3 is 1. The third-order valence-corrected chi connectivity index (χ3v) is 2.75. The predicted molar refractivity (Wildman–Crippen MR) is 95.5 cm³/mol. The zero-order valence-corrected chi connectivity index (χ0v) is 14.2. The van der Waals surface area contributed by atoms with Crippen molar-refractivity contribution in [3.8, 4) is 0 Å². The van der Waals surface area contributed by atoms with Gasteiger partial charge in [0.15, 0.2) is 0 Å². The van der Waals surface area contributed by atoms with E-state index in [2.05, 4.69) is 0 Å². The molecule has 0 N–H and O–H groups in total. The van der Waals surface area contributed by atoms with E-state index in [-0.39, 0.29) is 0 Å². The summed E-state index contributed by atoms with van der Waals surface area (Å²) in [5, 5.41) is 0. The molecule has 0 aliphatic rings. The van der Waals surface area contributed by atoms with Gasteiger partial charge < -0.3 is 4.74 Å². The van der Waals surface area contributed by atoms with Crippen LogP contribution in [0, 0.1) is 0 Å². The minimum atomic E-state index is 0.711. The fraction of sp³-hybridized carbons (Fsp3) is 0.250. The van der Waals surface area contributed by atoms with E-state index in [0.29, 0.717) is 5.57 Å². The third-order valence-electron chi connectivity index (χ3n) is 2.75. The number of hydrogen-bond donors (Lipinski definition) is 0. The highest BCUT2D eigenvalue weighted by Gasteiger charge is 1.82. The van der Waals surface area contributed by atoms with E-state index in [0.717, 1.165) is 23.2 Å². The maximum atomic E-state index is 10.4. The maximum absolute atomic E-state index is 10.4. The lowest BCUT2D eigenvalue weighted by atomic mass is 10.2. The largest absolute Gasteiger partial charge is 0.501 e. The first-order chi connectivity index (χ1) is 10.5. The van der Waals surface area contributed by atoms with Crippen molar-refractivity contribution in [2.75, 3.05) is 7.11 Å². The first-order valence-corrected chi connectivity index (χ1v) is 7.20. The summed E-state index contributed by atoms with van der Waals surface area (Å²) in [5.74, 6) is 0.879. The molecule has 0 aliphatic carbocycles. The van der Waals surface area contributed by atoms with Crippen molar-refractivity contribution >= 4 is 6.29 Å². The van der Waals surface area contributed by atoms with Gasteiger partial charge in [0, 0.05) is 0 Å². The van der Waals surface area contributed by atoms with Crippen molar-refractivity contribution in [1.82, 2.24) is 0 Å². The lowest BCUT2D eigenvalue weighted by Crippen LogP contribution is -1.76. The van der Waals surface area contributed by atoms with Crippen LogP contribution < -0.4 is 0 Å². The first-order valence-electron chi connectivity index (χ1n) is 7.20. The van der Waals surface area contributed by atoms with Crippen LogP contribution in [0.5, 0.6) is 0 Å². The Morgan fingerprint density at radius 1 is 0.682 bits per heavy atom. The highest BCUT2D eigenvalue weighted by atomic mass is 16.5. The Morgan fingerprint density at radius 2 is 1.14 bits per heavy atom. The average Bonchev–Trinajstić information content (AvgIpc) is 2.51. The topological polar surface area (TPSA) is 26.3 Å². The molecule has 0 atom stereocenters. The minimum Gasteiger partial charge on any atom is -0.501 e. The van der Waals surface area contributed by atoms with Gasteiger partial charge in [-0.15, -0.1) is 0 Å². The predicted octanol–water partition coefficient (Wildman–Crippen LogP) is 5.24. The molecule has 0 rings (SSSR count). The number of ether oxygens (including phenoxy) is 1. The summed E-state index contributed by atoms with van der Waals surface area (Å²) in [6, 6.07) is 0. The van der Waals surface area contributed by atoms with Gasteiger partial charge in [-0.1, -0.05) is 65.8 Å². The molecule has 0 radical (unpaired) electrons. The first kappa shape index (κ1) is 19.7. The van der Waals surface area contributed by atoms with Crippen molar-refractivity contribution in [1.29, 1.82) is 0 Å². The van der Waals surface area contributed by atoms with Crippen molar-refractivity contribution < 1.29 is 9.53 Å². The second kappa shape index (κ2) is 12.4. The highest BCUT2D eigenvalue weighted by Crippen LogP contribution is 2.00. The summed E-state index contributed by atoms with van der Waals surface area (Å²) in [6.45, 7) is 7.75. The van der Waals surface area contributed by atoms with Gasteiger partial charge >= 0.3 is 0 Å². The van der Waals surface area contributed by atoms with Crippen LogP contribution in [-0.2, 0) is 9.53 Å². The Bertz CT molecular complexity index is 550. The van der Waals surface area contributed by atoms with E-state index in [1.54, 1.807) is 20.1 Å². The number of hydrogen-bond acceptors (Lipinski definition) is 2. The summed E-state index contributed by atoms with van der Waals surface area (Å²) < 4.78 is 5.05. The van der Waals surface area contributed by atoms with Gasteiger partial charge in [-0.2, -0.15) is 0 Å². The summed E-state index contributed by atoms with van der Waals surface area (Å²) in [7, 11) is 1.66. The van der Waals surface area contributed by atoms with Crippen LogP contribution >= 0.6 is 0 Å². The van der Waals surface area contributed by atoms with Gasteiger partial charge in [0.2, 0.25) is 0 Å². The molecule has 2 nitrogen and oxygen atoms in total. The lowest BCUT2D eigenvalue weighted by Gasteiger charge is -1.94. The molecule has 0 aromatic carbocycles. The van der Waals surface area contributed by atoms with E-state index >= 15 is 0 Å². The molecule has 0 heterocycles. The molecule has 22 heavy (non-hydrogen) atoms. The summed E-state index contributed by atoms with van der Waals surface area (Å²) in [6.07, 6.45) is 20.4. The molecular weight excluding hydrogens is 272 g/mol. The van der Waals surface area contributed by atoms with Gasteiger partial charge in [0.05, 0.1) is 12.9 Å². The molecular formula is C20H26O2. The molecule has 0 fully saturated rings. The lowest BCUT2D eigenvalue weighted by molar-refractivity contribution is -0.104. The Hall–Kier alpha value is -2.35. The molecule has 0 unspecified atom stereocenters. The van der Waals surface area contributed by atoms with E-state index in [1.807, 2.05) is 75.5 Å². The Morgan fingerprint density at radius 3 is 1.59 bits per heavy atom. The smallest absolute Gasteiger partial charge is 0.145 e. The SMILES string of the molecule is COC(C)=CC=CC(C)=CC=CC=C(C)C=CC=C(C)C=O. The fourth-order valence-corrected chi connectivity index (χ4v) is 1.32. The van der Waals surface area contributed by atoms with Crippen molar-refractivity contribution in [2.24, 2.45) is 0 Å². The summed E-state index contributed by atoms with van der Waals surface area (Å²) >= 11 is 0. The van der Waals surface area contributed by atoms with Crippen LogP contribution in [0.25, 0.3) is 0 Å². The molecule has 0 aromatic rings. The normalized spacial score (nSPS) is 15.3. The monoisotopic (exact) mass is 298 g/mol. The average molecular weight is 298 g/mol. The van der Waals surface area contributed by atoms with Gasteiger partial charge in [-0.05, 0) is 39.3 Å². The van der Waals surface area contributed by atoms with Crippen LogP contribution in [0.4, 0.5) is 0 Å². The Balaban J connectivity index is 4.50. The van der Waals surface area contributed by atoms with E-state index < -0.39 is 0 Å². The molecule has 0 saturated heterocycles. The number of allylic oxidation sites excluding steroid dienone is 14. The Kier molecular flexibility index (Phi) is 11.1. The number of aldehydes is 1. The summed E-state index contributed by atoms with van der Waals surface area (Å²) in [4.78, 5) is 10.4. The Labute approximate surface area is 134 Å². The zero-order valence-electron chi connectivity index (χ0n) is 14.2. The minimum absolute atomic E-state index is 0.711. The van der Waals surface area contributed by atoms with Crippen LogP contribution in [0.3, 0.4) is 0 Å². The molecule has 0 aliphatic heterocycles. The maximum Gasteiger partial charge on any atom is 0.145 e. The molecule has 0 aromatic heterocycles. The van der Waals surface area contributed by atoms with Gasteiger partial charge in [0.1, 0.15) is 6.29 Å². The zero-order chi connectivity index (χ0) is 16.8. The third kappa shape index (κ3) is 11.5. The van der Waals surface area contributed by atoms with Crippen LogP contribution in [0.15, 0.2) is 83.2 Å². The molecule has 2 heteroatoms. The van der Waals surface area contributed by atoms with Gasteiger partial charge in [-0.3, -0.25) is 4.79 Å². The van der Waals surface area contributed by atoms with Crippen molar-refractivity contribution in [2.45, 2.75) is 27.7 Å². The van der Waals surface area contributed by atoms with Crippen LogP contribution in [0.2, 0.25) is 0 Å². The quantitative estimate of drug-likeness (QED) is 0.265. The van der Waals surface area contributed by atoms with Gasteiger partial charge in [0.25, 0.3) is 0 Å². The van der Waals surface area contributed by atoms with Crippen LogP contribution in [-0.4, -0.2) is 13.4 Å². The van der Waals surface area contributed by atoms with Crippen molar-refractivity contribution in [3.63, 3.8) is 0 Å². The second-order valence-electron chi connectivity index (χ2n) is 4.93. The number of carbonyl (C=O) groups is 1. The fourth-order valence-electron chi connectivity index (χ4n) is 1.32. The highest BCUT2D eigenvalue weighted by molar-refractivity contribution is 5.72. The number of rotatable bonds is 8. The molecule has 0 bridgehead atoms. The molecule has 0 saturated carbocycles. The molecule has 118 valence electrons.